The molecule has 4 nitrogen and oxygen atoms in total. The molecule has 0 aromatic heterocycles. The molecule has 0 saturated heterocycles. The number of hydrazone groups is 1. The third kappa shape index (κ3) is 10.4. The molecule has 0 aliphatic heterocycles. The number of benzene rings is 1. The maximum atomic E-state index is 5.86. The van der Waals surface area contributed by atoms with Crippen molar-refractivity contribution in [2.24, 2.45) is 5.10 Å². The molecule has 0 aliphatic rings. The van der Waals surface area contributed by atoms with E-state index in [2.05, 4.69) is 38.7 Å². The highest BCUT2D eigenvalue weighted by Gasteiger charge is 2.02. The smallest absolute Gasteiger partial charge is 0.186 e. The molecule has 0 fully saturated rings. The summed E-state index contributed by atoms with van der Waals surface area (Å²) in [5, 5.41) is 7.61. The SMILES string of the molecule is CCCCCCCCCOc1ccc(/C=N/NC(=S)NCC)cc1Br. The highest BCUT2D eigenvalue weighted by molar-refractivity contribution is 9.10. The molecule has 2 N–H and O–H groups in total. The Morgan fingerprint density at radius 3 is 2.56 bits per heavy atom. The van der Waals surface area contributed by atoms with Gasteiger partial charge >= 0.3 is 0 Å². The summed E-state index contributed by atoms with van der Waals surface area (Å²) in [7, 11) is 0. The Kier molecular flexibility index (Phi) is 12.3. The second-order valence-electron chi connectivity index (χ2n) is 5.89. The fourth-order valence-corrected chi connectivity index (χ4v) is 3.03. The third-order valence-corrected chi connectivity index (χ3v) is 4.53. The van der Waals surface area contributed by atoms with E-state index in [0.29, 0.717) is 5.11 Å². The van der Waals surface area contributed by atoms with Gasteiger partial charge in [-0.05, 0) is 65.3 Å². The highest BCUT2D eigenvalue weighted by Crippen LogP contribution is 2.25. The lowest BCUT2D eigenvalue weighted by Gasteiger charge is -2.09. The molecule has 0 amide bonds. The van der Waals surface area contributed by atoms with Crippen molar-refractivity contribution >= 4 is 39.5 Å². The van der Waals surface area contributed by atoms with E-state index in [0.717, 1.165) is 35.4 Å². The van der Waals surface area contributed by atoms with Gasteiger partial charge in [-0.3, -0.25) is 5.43 Å². The zero-order valence-electron chi connectivity index (χ0n) is 15.3. The van der Waals surface area contributed by atoms with Gasteiger partial charge < -0.3 is 10.1 Å². The van der Waals surface area contributed by atoms with Crippen LogP contribution in [0.2, 0.25) is 0 Å². The largest absolute Gasteiger partial charge is 0.492 e. The average molecular weight is 428 g/mol. The van der Waals surface area contributed by atoms with Crippen LogP contribution in [0.4, 0.5) is 0 Å². The summed E-state index contributed by atoms with van der Waals surface area (Å²) in [5.74, 6) is 0.874. The van der Waals surface area contributed by atoms with Crippen LogP contribution in [0.5, 0.6) is 5.75 Å². The first kappa shape index (κ1) is 21.9. The van der Waals surface area contributed by atoms with Crippen molar-refractivity contribution in [2.45, 2.75) is 58.8 Å². The summed E-state index contributed by atoms with van der Waals surface area (Å²) in [5.41, 5.74) is 3.75. The van der Waals surface area contributed by atoms with Crippen LogP contribution < -0.4 is 15.5 Å². The predicted molar refractivity (Wildman–Crippen MR) is 115 cm³/mol. The van der Waals surface area contributed by atoms with Crippen LogP contribution in [0.15, 0.2) is 27.8 Å². The summed E-state index contributed by atoms with van der Waals surface area (Å²) in [6, 6.07) is 5.93. The molecule has 1 aromatic rings. The van der Waals surface area contributed by atoms with E-state index >= 15 is 0 Å². The Bertz CT molecular complexity index is 537. The number of nitrogens with one attached hydrogen (secondary N) is 2. The molecule has 0 radical (unpaired) electrons. The van der Waals surface area contributed by atoms with Crippen molar-refractivity contribution in [3.63, 3.8) is 0 Å². The minimum absolute atomic E-state index is 0.521. The normalized spacial score (nSPS) is 10.8. The molecule has 0 atom stereocenters. The van der Waals surface area contributed by atoms with Crippen LogP contribution in [0.3, 0.4) is 0 Å². The summed E-state index contributed by atoms with van der Waals surface area (Å²) >= 11 is 8.61. The van der Waals surface area contributed by atoms with Gasteiger partial charge in [0.1, 0.15) is 5.75 Å². The maximum absolute atomic E-state index is 5.86. The number of unbranched alkanes of at least 4 members (excludes halogenated alkanes) is 6. The van der Waals surface area contributed by atoms with Gasteiger partial charge in [-0.15, -0.1) is 0 Å². The van der Waals surface area contributed by atoms with E-state index in [4.69, 9.17) is 17.0 Å². The zero-order valence-corrected chi connectivity index (χ0v) is 17.7. The van der Waals surface area contributed by atoms with E-state index < -0.39 is 0 Å². The van der Waals surface area contributed by atoms with Gasteiger partial charge in [0.2, 0.25) is 0 Å². The molecule has 0 aliphatic carbocycles. The maximum Gasteiger partial charge on any atom is 0.186 e. The van der Waals surface area contributed by atoms with E-state index in [-0.39, 0.29) is 0 Å². The van der Waals surface area contributed by atoms with E-state index in [9.17, 15) is 0 Å². The minimum Gasteiger partial charge on any atom is -0.492 e. The summed E-state index contributed by atoms with van der Waals surface area (Å²) in [6.45, 7) is 5.77. The Balaban J connectivity index is 2.28. The monoisotopic (exact) mass is 427 g/mol. The molecule has 1 rings (SSSR count). The molecular weight excluding hydrogens is 398 g/mol. The van der Waals surface area contributed by atoms with Crippen LogP contribution in [-0.4, -0.2) is 24.5 Å². The van der Waals surface area contributed by atoms with Gasteiger partial charge in [0.05, 0.1) is 17.3 Å². The lowest BCUT2D eigenvalue weighted by Crippen LogP contribution is -2.31. The van der Waals surface area contributed by atoms with Gasteiger partial charge in [0.15, 0.2) is 5.11 Å². The molecular formula is C19H30BrN3OS. The van der Waals surface area contributed by atoms with Crippen molar-refractivity contribution in [1.82, 2.24) is 10.7 Å². The predicted octanol–water partition coefficient (Wildman–Crippen LogP) is 5.40. The van der Waals surface area contributed by atoms with E-state index in [1.54, 1.807) is 6.21 Å². The molecule has 0 bridgehead atoms. The first-order chi connectivity index (χ1) is 12.2. The first-order valence-electron chi connectivity index (χ1n) is 9.16. The number of nitrogens with zero attached hydrogens (tertiary/aromatic N) is 1. The van der Waals surface area contributed by atoms with Crippen LogP contribution in [0, 0.1) is 0 Å². The summed E-state index contributed by atoms with van der Waals surface area (Å²) in [6.07, 6.45) is 10.7. The molecule has 0 spiro atoms. The quantitative estimate of drug-likeness (QED) is 0.203. The molecule has 0 heterocycles. The molecule has 0 unspecified atom stereocenters. The minimum atomic E-state index is 0.521. The molecule has 0 saturated carbocycles. The average Bonchev–Trinajstić information content (AvgIpc) is 2.59. The first-order valence-corrected chi connectivity index (χ1v) is 10.4. The van der Waals surface area contributed by atoms with Crippen LogP contribution in [0.1, 0.15) is 64.4 Å². The van der Waals surface area contributed by atoms with Crippen LogP contribution >= 0.6 is 28.1 Å². The topological polar surface area (TPSA) is 45.6 Å². The second kappa shape index (κ2) is 14.1. The lowest BCUT2D eigenvalue weighted by molar-refractivity contribution is 0.302. The summed E-state index contributed by atoms with van der Waals surface area (Å²) in [4.78, 5) is 0. The van der Waals surface area contributed by atoms with Gasteiger partial charge in [0, 0.05) is 6.54 Å². The van der Waals surface area contributed by atoms with Crippen LogP contribution in [0.25, 0.3) is 0 Å². The highest BCUT2D eigenvalue weighted by atomic mass is 79.9. The van der Waals surface area contributed by atoms with Crippen molar-refractivity contribution in [1.29, 1.82) is 0 Å². The molecule has 6 heteroatoms. The number of thiocarbonyl (C=S) groups is 1. The number of hydrogen-bond donors (Lipinski definition) is 2. The molecule has 140 valence electrons. The third-order valence-electron chi connectivity index (χ3n) is 3.68. The Morgan fingerprint density at radius 2 is 1.88 bits per heavy atom. The summed E-state index contributed by atoms with van der Waals surface area (Å²) < 4.78 is 6.79. The van der Waals surface area contributed by atoms with Crippen molar-refractivity contribution < 1.29 is 4.74 Å². The molecule has 1 aromatic carbocycles. The lowest BCUT2D eigenvalue weighted by atomic mass is 10.1. The van der Waals surface area contributed by atoms with Crippen molar-refractivity contribution in [3.05, 3.63) is 28.2 Å². The zero-order chi connectivity index (χ0) is 18.3. The van der Waals surface area contributed by atoms with Gasteiger partial charge in [-0.25, -0.2) is 0 Å². The fourth-order valence-electron chi connectivity index (χ4n) is 2.32. The fraction of sp³-hybridized carbons (Fsp3) is 0.579. The number of rotatable bonds is 12. The van der Waals surface area contributed by atoms with Crippen molar-refractivity contribution in [2.75, 3.05) is 13.2 Å². The van der Waals surface area contributed by atoms with Gasteiger partial charge in [0.25, 0.3) is 0 Å². The number of hydrogen-bond acceptors (Lipinski definition) is 3. The standard InChI is InChI=1S/C19H30BrN3OS/c1-3-5-6-7-8-9-10-13-24-18-12-11-16(14-17(18)20)15-22-23-19(25)21-4-2/h11-12,14-15H,3-10,13H2,1-2H3,(H2,21,23,25)/b22-15+. The number of halogens is 1. The number of ether oxygens (including phenoxy) is 1. The van der Waals surface area contributed by atoms with Crippen molar-refractivity contribution in [3.8, 4) is 5.75 Å². The van der Waals surface area contributed by atoms with Crippen LogP contribution in [-0.2, 0) is 0 Å². The Hall–Kier alpha value is -1.14. The van der Waals surface area contributed by atoms with E-state index in [1.165, 1.54) is 38.5 Å². The van der Waals surface area contributed by atoms with Gasteiger partial charge in [-0.2, -0.15) is 5.10 Å². The Labute approximate surface area is 165 Å². The van der Waals surface area contributed by atoms with Gasteiger partial charge in [-0.1, -0.05) is 45.4 Å². The second-order valence-corrected chi connectivity index (χ2v) is 7.15. The molecule has 25 heavy (non-hydrogen) atoms. The van der Waals surface area contributed by atoms with E-state index in [1.807, 2.05) is 25.1 Å². The Morgan fingerprint density at radius 1 is 1.16 bits per heavy atom.